The highest BCUT2D eigenvalue weighted by molar-refractivity contribution is 7.15. The lowest BCUT2D eigenvalue weighted by Crippen LogP contribution is -2.23. The molecular weight excluding hydrogens is 435 g/mol. The Bertz CT molecular complexity index is 1100. The van der Waals surface area contributed by atoms with E-state index in [2.05, 4.69) is 10.3 Å². The first-order valence-corrected chi connectivity index (χ1v) is 9.98. The fourth-order valence-corrected chi connectivity index (χ4v) is 4.11. The Hall–Kier alpha value is -2.61. The standard InChI is InChI=1S/C20H16Cl2N2O4S/c1-10-17(20(26)27)24-19(29-10)11-3-6-16(28-2)12(7-11)9-23-18(25)14-5-4-13(21)8-15(14)22/h3-8H,9H2,1-2H3,(H,23,25)(H,26,27). The average Bonchev–Trinajstić information content (AvgIpc) is 3.08. The van der Waals surface area contributed by atoms with Crippen LogP contribution in [0.3, 0.4) is 0 Å². The Morgan fingerprint density at radius 2 is 1.97 bits per heavy atom. The van der Waals surface area contributed by atoms with Gasteiger partial charge in [0.25, 0.3) is 5.91 Å². The van der Waals surface area contributed by atoms with Crippen LogP contribution in [-0.2, 0) is 6.54 Å². The van der Waals surface area contributed by atoms with Gasteiger partial charge in [-0.15, -0.1) is 11.3 Å². The van der Waals surface area contributed by atoms with Crippen LogP contribution in [0.1, 0.15) is 31.3 Å². The summed E-state index contributed by atoms with van der Waals surface area (Å²) in [5.41, 5.74) is 1.80. The quantitative estimate of drug-likeness (QED) is 0.547. The summed E-state index contributed by atoms with van der Waals surface area (Å²) in [7, 11) is 1.53. The van der Waals surface area contributed by atoms with Crippen LogP contribution in [0.4, 0.5) is 0 Å². The summed E-state index contributed by atoms with van der Waals surface area (Å²) in [5.74, 6) is -0.828. The Balaban J connectivity index is 1.85. The average molecular weight is 451 g/mol. The lowest BCUT2D eigenvalue weighted by Gasteiger charge is -2.12. The number of rotatable bonds is 6. The number of nitrogens with one attached hydrogen (secondary N) is 1. The van der Waals surface area contributed by atoms with Gasteiger partial charge in [0.2, 0.25) is 0 Å². The maximum atomic E-state index is 12.5. The van der Waals surface area contributed by atoms with Gasteiger partial charge in [-0.3, -0.25) is 4.79 Å². The molecule has 0 fully saturated rings. The second-order valence-corrected chi connectivity index (χ2v) is 8.11. The van der Waals surface area contributed by atoms with Crippen LogP contribution in [-0.4, -0.2) is 29.1 Å². The predicted molar refractivity (Wildman–Crippen MR) is 113 cm³/mol. The number of halogens is 2. The number of aryl methyl sites for hydroxylation is 1. The summed E-state index contributed by atoms with van der Waals surface area (Å²) in [6, 6.07) is 10.0. The van der Waals surface area contributed by atoms with Gasteiger partial charge in [-0.05, 0) is 43.3 Å². The minimum atomic E-state index is -1.06. The number of amides is 1. The third kappa shape index (κ3) is 4.70. The third-order valence-corrected chi connectivity index (χ3v) is 5.71. The lowest BCUT2D eigenvalue weighted by molar-refractivity contribution is 0.0690. The number of carboxylic acid groups (broad SMARTS) is 1. The van der Waals surface area contributed by atoms with Crippen molar-refractivity contribution >= 4 is 46.4 Å². The van der Waals surface area contributed by atoms with E-state index in [0.717, 1.165) is 5.56 Å². The van der Waals surface area contributed by atoms with E-state index in [0.29, 0.717) is 31.8 Å². The van der Waals surface area contributed by atoms with Gasteiger partial charge in [0.15, 0.2) is 5.69 Å². The second kappa shape index (κ2) is 8.82. The highest BCUT2D eigenvalue weighted by Crippen LogP contribution is 2.31. The molecule has 0 saturated carbocycles. The van der Waals surface area contributed by atoms with Gasteiger partial charge in [-0.25, -0.2) is 9.78 Å². The molecule has 150 valence electrons. The Morgan fingerprint density at radius 3 is 2.59 bits per heavy atom. The number of hydrogen-bond acceptors (Lipinski definition) is 5. The molecule has 0 spiro atoms. The van der Waals surface area contributed by atoms with Crippen LogP contribution in [0.2, 0.25) is 10.0 Å². The van der Waals surface area contributed by atoms with Crippen LogP contribution in [0.15, 0.2) is 36.4 Å². The number of carbonyl (C=O) groups is 2. The zero-order chi connectivity index (χ0) is 21.1. The van der Waals surface area contributed by atoms with Gasteiger partial charge in [-0.2, -0.15) is 0 Å². The van der Waals surface area contributed by atoms with E-state index in [-0.39, 0.29) is 23.2 Å². The normalized spacial score (nSPS) is 10.6. The molecule has 2 N–H and O–H groups in total. The first kappa shape index (κ1) is 21.1. The molecule has 6 nitrogen and oxygen atoms in total. The minimum Gasteiger partial charge on any atom is -0.496 e. The molecular formula is C20H16Cl2N2O4S. The predicted octanol–water partition coefficient (Wildman–Crippen LogP) is 5.06. The van der Waals surface area contributed by atoms with Gasteiger partial charge in [-0.1, -0.05) is 23.2 Å². The SMILES string of the molecule is COc1ccc(-c2nc(C(=O)O)c(C)s2)cc1CNC(=O)c1ccc(Cl)cc1Cl. The highest BCUT2D eigenvalue weighted by atomic mass is 35.5. The Kier molecular flexibility index (Phi) is 6.42. The number of hydrogen-bond donors (Lipinski definition) is 2. The largest absolute Gasteiger partial charge is 0.496 e. The van der Waals surface area contributed by atoms with Crippen molar-refractivity contribution in [2.24, 2.45) is 0 Å². The molecule has 3 aromatic rings. The Morgan fingerprint density at radius 1 is 1.21 bits per heavy atom. The van der Waals surface area contributed by atoms with E-state index in [1.54, 1.807) is 31.2 Å². The number of benzene rings is 2. The smallest absolute Gasteiger partial charge is 0.355 e. The molecule has 0 radical (unpaired) electrons. The maximum Gasteiger partial charge on any atom is 0.355 e. The van der Waals surface area contributed by atoms with E-state index in [9.17, 15) is 14.7 Å². The van der Waals surface area contributed by atoms with Gasteiger partial charge in [0.1, 0.15) is 10.8 Å². The molecule has 1 amide bonds. The molecule has 9 heteroatoms. The molecule has 2 aromatic carbocycles. The van der Waals surface area contributed by atoms with Crippen molar-refractivity contribution in [1.82, 2.24) is 10.3 Å². The van der Waals surface area contributed by atoms with Crippen molar-refractivity contribution in [3.05, 3.63) is 68.1 Å². The molecule has 0 saturated heterocycles. The van der Waals surface area contributed by atoms with Gasteiger partial charge in [0.05, 0.1) is 17.7 Å². The molecule has 0 aliphatic heterocycles. The Labute approximate surface area is 181 Å². The number of carboxylic acids is 1. The molecule has 3 rings (SSSR count). The van der Waals surface area contributed by atoms with Gasteiger partial charge in [0, 0.05) is 27.6 Å². The number of nitrogens with zero attached hydrogens (tertiary/aromatic N) is 1. The highest BCUT2D eigenvalue weighted by Gasteiger charge is 2.17. The molecule has 29 heavy (non-hydrogen) atoms. The van der Waals surface area contributed by atoms with E-state index in [1.165, 1.54) is 24.5 Å². The fourth-order valence-electron chi connectivity index (χ4n) is 2.71. The van der Waals surface area contributed by atoms with Crippen molar-refractivity contribution in [3.8, 4) is 16.3 Å². The maximum absolute atomic E-state index is 12.5. The van der Waals surface area contributed by atoms with Crippen LogP contribution in [0, 0.1) is 6.92 Å². The number of ether oxygens (including phenoxy) is 1. The summed E-state index contributed by atoms with van der Waals surface area (Å²) in [5, 5.41) is 13.3. The molecule has 0 atom stereocenters. The topological polar surface area (TPSA) is 88.5 Å². The van der Waals surface area contributed by atoms with Crippen molar-refractivity contribution < 1.29 is 19.4 Å². The zero-order valence-corrected chi connectivity index (χ0v) is 17.8. The number of thiazole rings is 1. The first-order chi connectivity index (χ1) is 13.8. The fraction of sp³-hybridized carbons (Fsp3) is 0.150. The van der Waals surface area contributed by atoms with Crippen molar-refractivity contribution in [2.75, 3.05) is 7.11 Å². The molecule has 1 heterocycles. The van der Waals surface area contributed by atoms with Crippen LogP contribution >= 0.6 is 34.5 Å². The number of carbonyl (C=O) groups excluding carboxylic acids is 1. The number of aromatic nitrogens is 1. The minimum absolute atomic E-state index is 0.0352. The second-order valence-electron chi connectivity index (χ2n) is 6.06. The molecule has 0 unspecified atom stereocenters. The third-order valence-electron chi connectivity index (χ3n) is 4.14. The van der Waals surface area contributed by atoms with Crippen molar-refractivity contribution in [2.45, 2.75) is 13.5 Å². The van der Waals surface area contributed by atoms with Crippen molar-refractivity contribution in [1.29, 1.82) is 0 Å². The van der Waals surface area contributed by atoms with Gasteiger partial charge < -0.3 is 15.2 Å². The van der Waals surface area contributed by atoms with Crippen LogP contribution in [0.25, 0.3) is 10.6 Å². The number of aromatic carboxylic acids is 1. The molecule has 1 aromatic heterocycles. The molecule has 0 bridgehead atoms. The molecule has 0 aliphatic rings. The van der Waals surface area contributed by atoms with E-state index in [4.69, 9.17) is 27.9 Å². The zero-order valence-electron chi connectivity index (χ0n) is 15.5. The van der Waals surface area contributed by atoms with Crippen LogP contribution < -0.4 is 10.1 Å². The van der Waals surface area contributed by atoms with E-state index < -0.39 is 5.97 Å². The van der Waals surface area contributed by atoms with Crippen molar-refractivity contribution in [3.63, 3.8) is 0 Å². The lowest BCUT2D eigenvalue weighted by atomic mass is 10.1. The molecule has 0 aliphatic carbocycles. The van der Waals surface area contributed by atoms with Crippen LogP contribution in [0.5, 0.6) is 5.75 Å². The first-order valence-electron chi connectivity index (χ1n) is 8.41. The van der Waals surface area contributed by atoms with Gasteiger partial charge >= 0.3 is 5.97 Å². The van der Waals surface area contributed by atoms with E-state index in [1.807, 2.05) is 6.07 Å². The summed E-state index contributed by atoms with van der Waals surface area (Å²) in [6.45, 7) is 1.90. The summed E-state index contributed by atoms with van der Waals surface area (Å²) >= 11 is 13.2. The monoisotopic (exact) mass is 450 g/mol. The summed E-state index contributed by atoms with van der Waals surface area (Å²) < 4.78 is 5.37. The van der Waals surface area contributed by atoms with E-state index >= 15 is 0 Å². The summed E-state index contributed by atoms with van der Waals surface area (Å²) in [6.07, 6.45) is 0. The number of methoxy groups -OCH3 is 1. The summed E-state index contributed by atoms with van der Waals surface area (Å²) in [4.78, 5) is 28.5.